The van der Waals surface area contributed by atoms with E-state index in [1.807, 2.05) is 62.7 Å². The first-order chi connectivity index (χ1) is 13.3. The highest BCUT2D eigenvalue weighted by molar-refractivity contribution is 6.10. The summed E-state index contributed by atoms with van der Waals surface area (Å²) in [6.07, 6.45) is 5.23. The number of aryl methyl sites for hydroxylation is 2. The number of rotatable bonds is 10. The number of carboxylic acids is 1. The number of aliphatic carboxylic acids is 1. The van der Waals surface area contributed by atoms with Gasteiger partial charge in [0.25, 0.3) is 0 Å². The second kappa shape index (κ2) is 9.22. The van der Waals surface area contributed by atoms with Gasteiger partial charge in [-0.15, -0.1) is 0 Å². The Hall–Kier alpha value is -2.36. The lowest BCUT2D eigenvalue weighted by Gasteiger charge is -2.29. The van der Waals surface area contributed by atoms with E-state index in [0.717, 1.165) is 42.5 Å². The van der Waals surface area contributed by atoms with E-state index in [9.17, 15) is 14.7 Å². The molecule has 1 atom stereocenters. The van der Waals surface area contributed by atoms with Gasteiger partial charge in [0.15, 0.2) is 0 Å². The Balaban J connectivity index is 2.50. The van der Waals surface area contributed by atoms with Crippen molar-refractivity contribution in [2.24, 2.45) is 7.05 Å². The number of carbonyl (C=O) groups excluding carboxylic acids is 1. The van der Waals surface area contributed by atoms with E-state index >= 15 is 0 Å². The zero-order valence-electron chi connectivity index (χ0n) is 17.8. The first-order valence-corrected chi connectivity index (χ1v) is 10.3. The molecule has 4 nitrogen and oxygen atoms in total. The molecule has 1 unspecified atom stereocenters. The monoisotopic (exact) mass is 383 g/mol. The number of carbonyl (C=O) groups is 2. The fourth-order valence-corrected chi connectivity index (χ4v) is 4.21. The molecule has 1 heterocycles. The third kappa shape index (κ3) is 4.06. The summed E-state index contributed by atoms with van der Waals surface area (Å²) >= 11 is 0. The zero-order chi connectivity index (χ0) is 20.9. The first kappa shape index (κ1) is 21.9. The summed E-state index contributed by atoms with van der Waals surface area (Å²) in [5.41, 5.74) is 2.77. The van der Waals surface area contributed by atoms with Crippen LogP contribution in [0.4, 0.5) is 0 Å². The number of benzene rings is 1. The Bertz CT molecular complexity index is 850. The molecule has 0 bridgehead atoms. The second-order valence-corrected chi connectivity index (χ2v) is 7.82. The predicted octanol–water partition coefficient (Wildman–Crippen LogP) is 5.58. The maximum Gasteiger partial charge on any atom is 0.315 e. The van der Waals surface area contributed by atoms with E-state index in [-0.39, 0.29) is 5.78 Å². The summed E-state index contributed by atoms with van der Waals surface area (Å²) in [4.78, 5) is 25.6. The molecule has 1 aromatic heterocycles. The molecular formula is C24H33NO3. The molecule has 0 saturated heterocycles. The van der Waals surface area contributed by atoms with Crippen LogP contribution in [0.1, 0.15) is 85.2 Å². The van der Waals surface area contributed by atoms with Gasteiger partial charge in [-0.05, 0) is 43.9 Å². The van der Waals surface area contributed by atoms with Crippen LogP contribution in [-0.2, 0) is 17.3 Å². The van der Waals surface area contributed by atoms with Crippen molar-refractivity contribution in [3.05, 3.63) is 58.4 Å². The van der Waals surface area contributed by atoms with Gasteiger partial charge >= 0.3 is 5.97 Å². The number of aromatic nitrogens is 1. The number of carboxylic acid groups (broad SMARTS) is 1. The molecule has 0 spiro atoms. The standard InChI is InChI=1S/C24H33NO3/c1-6-8-9-12-15-24(7-2,23(27)28)20-16-18(4)21(25(20)5)22(26)19-14-11-10-13-17(19)3/h10-11,13-14,16H,6-9,12,15H2,1-5H3,(H,27,28). The van der Waals surface area contributed by atoms with Crippen LogP contribution in [0.15, 0.2) is 30.3 Å². The Morgan fingerprint density at radius 1 is 1.04 bits per heavy atom. The van der Waals surface area contributed by atoms with Crippen LogP contribution in [0.3, 0.4) is 0 Å². The highest BCUT2D eigenvalue weighted by atomic mass is 16.4. The lowest BCUT2D eigenvalue weighted by Crippen LogP contribution is -2.37. The van der Waals surface area contributed by atoms with Gasteiger partial charge in [0.1, 0.15) is 5.41 Å². The van der Waals surface area contributed by atoms with Crippen molar-refractivity contribution in [1.82, 2.24) is 4.57 Å². The van der Waals surface area contributed by atoms with Crippen LogP contribution in [0.5, 0.6) is 0 Å². The number of ketones is 1. The summed E-state index contributed by atoms with van der Waals surface area (Å²) in [5, 5.41) is 10.2. The van der Waals surface area contributed by atoms with Crippen molar-refractivity contribution in [2.75, 3.05) is 0 Å². The number of nitrogens with zero attached hydrogens (tertiary/aromatic N) is 1. The molecule has 0 aliphatic heterocycles. The van der Waals surface area contributed by atoms with Crippen LogP contribution in [0.25, 0.3) is 0 Å². The predicted molar refractivity (Wildman–Crippen MR) is 113 cm³/mol. The molecule has 4 heteroatoms. The average Bonchev–Trinajstić information content (AvgIpc) is 2.96. The first-order valence-electron chi connectivity index (χ1n) is 10.3. The second-order valence-electron chi connectivity index (χ2n) is 7.82. The molecule has 0 aliphatic carbocycles. The zero-order valence-corrected chi connectivity index (χ0v) is 17.8. The van der Waals surface area contributed by atoms with Crippen molar-refractivity contribution in [3.8, 4) is 0 Å². The topological polar surface area (TPSA) is 59.3 Å². The highest BCUT2D eigenvalue weighted by Crippen LogP contribution is 2.37. The van der Waals surface area contributed by atoms with Gasteiger partial charge in [-0.1, -0.05) is 63.8 Å². The van der Waals surface area contributed by atoms with Crippen molar-refractivity contribution in [3.63, 3.8) is 0 Å². The Morgan fingerprint density at radius 3 is 2.29 bits per heavy atom. The van der Waals surface area contributed by atoms with E-state index in [2.05, 4.69) is 6.92 Å². The molecule has 0 radical (unpaired) electrons. The maximum atomic E-state index is 13.2. The number of unbranched alkanes of at least 4 members (excludes halogenated alkanes) is 3. The van der Waals surface area contributed by atoms with Gasteiger partial charge in [0.05, 0.1) is 5.69 Å². The van der Waals surface area contributed by atoms with Gasteiger partial charge in [0.2, 0.25) is 5.78 Å². The normalized spacial score (nSPS) is 13.3. The van der Waals surface area contributed by atoms with E-state index < -0.39 is 11.4 Å². The fraction of sp³-hybridized carbons (Fsp3) is 0.500. The number of hydrogen-bond acceptors (Lipinski definition) is 2. The summed E-state index contributed by atoms with van der Waals surface area (Å²) in [7, 11) is 1.83. The van der Waals surface area contributed by atoms with E-state index in [0.29, 0.717) is 24.1 Å². The van der Waals surface area contributed by atoms with Gasteiger partial charge in [-0.25, -0.2) is 0 Å². The Labute approximate surface area is 168 Å². The highest BCUT2D eigenvalue weighted by Gasteiger charge is 2.41. The molecule has 152 valence electrons. The van der Waals surface area contributed by atoms with Gasteiger partial charge in [0, 0.05) is 18.3 Å². The molecule has 2 aromatic rings. The van der Waals surface area contributed by atoms with Crippen molar-refractivity contribution in [1.29, 1.82) is 0 Å². The lowest BCUT2D eigenvalue weighted by molar-refractivity contribution is -0.144. The summed E-state index contributed by atoms with van der Waals surface area (Å²) in [6, 6.07) is 9.44. The smallest absolute Gasteiger partial charge is 0.315 e. The fourth-order valence-electron chi connectivity index (χ4n) is 4.21. The summed E-state index contributed by atoms with van der Waals surface area (Å²) in [6.45, 7) is 7.90. The van der Waals surface area contributed by atoms with Crippen LogP contribution < -0.4 is 0 Å². The summed E-state index contributed by atoms with van der Waals surface area (Å²) < 4.78 is 1.82. The minimum Gasteiger partial charge on any atom is -0.481 e. The largest absolute Gasteiger partial charge is 0.481 e. The molecule has 1 aromatic carbocycles. The van der Waals surface area contributed by atoms with Gasteiger partial charge < -0.3 is 9.67 Å². The lowest BCUT2D eigenvalue weighted by atomic mass is 9.77. The SMILES string of the molecule is CCCCCCC(CC)(C(=O)O)c1cc(C)c(C(=O)c2ccccc2C)n1C. The van der Waals surface area contributed by atoms with E-state index in [4.69, 9.17) is 0 Å². The van der Waals surface area contributed by atoms with Crippen molar-refractivity contribution < 1.29 is 14.7 Å². The molecule has 0 fully saturated rings. The molecular weight excluding hydrogens is 350 g/mol. The average molecular weight is 384 g/mol. The Kier molecular flexibility index (Phi) is 7.22. The summed E-state index contributed by atoms with van der Waals surface area (Å²) in [5.74, 6) is -0.854. The molecule has 0 aliphatic rings. The molecule has 1 N–H and O–H groups in total. The third-order valence-electron chi connectivity index (χ3n) is 5.99. The van der Waals surface area contributed by atoms with Crippen LogP contribution in [-0.4, -0.2) is 21.4 Å². The minimum atomic E-state index is -0.961. The van der Waals surface area contributed by atoms with E-state index in [1.54, 1.807) is 0 Å². The Morgan fingerprint density at radius 2 is 1.71 bits per heavy atom. The number of hydrogen-bond donors (Lipinski definition) is 1. The maximum absolute atomic E-state index is 13.2. The van der Waals surface area contributed by atoms with Crippen LogP contribution in [0, 0.1) is 13.8 Å². The molecule has 28 heavy (non-hydrogen) atoms. The van der Waals surface area contributed by atoms with Crippen molar-refractivity contribution >= 4 is 11.8 Å². The third-order valence-corrected chi connectivity index (χ3v) is 5.99. The molecule has 0 amide bonds. The van der Waals surface area contributed by atoms with Gasteiger partial charge in [-0.2, -0.15) is 0 Å². The minimum absolute atomic E-state index is 0.0503. The van der Waals surface area contributed by atoms with Crippen molar-refractivity contribution in [2.45, 2.75) is 71.6 Å². The van der Waals surface area contributed by atoms with Crippen LogP contribution in [0.2, 0.25) is 0 Å². The van der Waals surface area contributed by atoms with Crippen LogP contribution >= 0.6 is 0 Å². The van der Waals surface area contributed by atoms with E-state index in [1.165, 1.54) is 0 Å². The molecule has 2 rings (SSSR count). The molecule has 0 saturated carbocycles. The van der Waals surface area contributed by atoms with Gasteiger partial charge in [-0.3, -0.25) is 9.59 Å². The quantitative estimate of drug-likeness (QED) is 0.431.